The number of aromatic nitrogens is 4. The molecule has 1 saturated heterocycles. The fourth-order valence-corrected chi connectivity index (χ4v) is 3.98. The van der Waals surface area contributed by atoms with Gasteiger partial charge in [-0.25, -0.2) is 14.8 Å². The molecule has 0 radical (unpaired) electrons. The summed E-state index contributed by atoms with van der Waals surface area (Å²) in [7, 11) is 0. The van der Waals surface area contributed by atoms with E-state index in [1.54, 1.807) is 10.8 Å². The molecule has 0 amide bonds. The van der Waals surface area contributed by atoms with Crippen LogP contribution >= 0.6 is 0 Å². The molecule has 0 unspecified atom stereocenters. The molecule has 2 aromatic carbocycles. The average Bonchev–Trinajstić information content (AvgIpc) is 3.08. The van der Waals surface area contributed by atoms with Crippen LogP contribution < -0.4 is 5.69 Å². The van der Waals surface area contributed by atoms with Crippen molar-refractivity contribution in [3.8, 4) is 11.3 Å². The van der Waals surface area contributed by atoms with Crippen molar-refractivity contribution in [2.24, 2.45) is 0 Å². The molecule has 1 fully saturated rings. The highest BCUT2D eigenvalue weighted by Crippen LogP contribution is 2.27. The Kier molecular flexibility index (Phi) is 4.83. The van der Waals surface area contributed by atoms with Crippen molar-refractivity contribution in [2.45, 2.75) is 13.0 Å². The van der Waals surface area contributed by atoms with Crippen molar-refractivity contribution in [1.82, 2.24) is 24.4 Å². The van der Waals surface area contributed by atoms with Gasteiger partial charge < -0.3 is 4.74 Å². The Morgan fingerprint density at radius 2 is 1.86 bits per heavy atom. The quantitative estimate of drug-likeness (QED) is 0.568. The smallest absolute Gasteiger partial charge is 0.328 e. The molecule has 1 aliphatic rings. The molecular formula is C22H23N5O2. The highest BCUT2D eigenvalue weighted by atomic mass is 16.5. The van der Waals surface area contributed by atoms with Gasteiger partial charge in [-0.1, -0.05) is 42.5 Å². The van der Waals surface area contributed by atoms with E-state index in [2.05, 4.69) is 33.1 Å². The van der Waals surface area contributed by atoms with E-state index in [-0.39, 0.29) is 5.69 Å². The van der Waals surface area contributed by atoms with Crippen molar-refractivity contribution in [3.63, 3.8) is 0 Å². The lowest BCUT2D eigenvalue weighted by Gasteiger charge is -2.26. The van der Waals surface area contributed by atoms with E-state index in [1.807, 2.05) is 24.3 Å². The number of nitrogens with one attached hydrogen (secondary N) is 1. The van der Waals surface area contributed by atoms with E-state index >= 15 is 0 Å². The van der Waals surface area contributed by atoms with Gasteiger partial charge >= 0.3 is 5.69 Å². The van der Waals surface area contributed by atoms with Gasteiger partial charge in [0.25, 0.3) is 0 Å². The van der Waals surface area contributed by atoms with Crippen LogP contribution in [0.3, 0.4) is 0 Å². The van der Waals surface area contributed by atoms with E-state index in [4.69, 9.17) is 9.72 Å². The second kappa shape index (κ2) is 7.77. The Morgan fingerprint density at radius 1 is 1.03 bits per heavy atom. The van der Waals surface area contributed by atoms with Gasteiger partial charge in [0.2, 0.25) is 0 Å². The normalized spacial score (nSPS) is 15.3. The Balaban J connectivity index is 1.46. The Hall–Kier alpha value is -3.03. The van der Waals surface area contributed by atoms with Gasteiger partial charge in [0.15, 0.2) is 11.3 Å². The second-order valence-electron chi connectivity index (χ2n) is 7.34. The lowest BCUT2D eigenvalue weighted by molar-refractivity contribution is 0.0369. The summed E-state index contributed by atoms with van der Waals surface area (Å²) in [6.45, 7) is 5.03. The van der Waals surface area contributed by atoms with Crippen molar-refractivity contribution < 1.29 is 4.74 Å². The van der Waals surface area contributed by atoms with Crippen LogP contribution in [0.25, 0.3) is 33.3 Å². The fourth-order valence-electron chi connectivity index (χ4n) is 3.98. The number of hydrogen-bond acceptors (Lipinski definition) is 5. The summed E-state index contributed by atoms with van der Waals surface area (Å²) in [5, 5.41) is 2.28. The minimum atomic E-state index is -0.156. The second-order valence-corrected chi connectivity index (χ2v) is 7.34. The molecule has 5 rings (SSSR count). The first kappa shape index (κ1) is 18.0. The van der Waals surface area contributed by atoms with Gasteiger partial charge in [-0.2, -0.15) is 0 Å². The maximum atomic E-state index is 12.5. The van der Waals surface area contributed by atoms with Crippen LogP contribution in [-0.2, 0) is 11.3 Å². The van der Waals surface area contributed by atoms with Crippen LogP contribution in [-0.4, -0.2) is 57.3 Å². The SMILES string of the molecule is O=c1[nH]c2ncc(-c3cccc4ccccc34)nc2n1CCCN1CCOCC1. The number of fused-ring (bicyclic) bond motifs is 2. The van der Waals surface area contributed by atoms with Gasteiger partial charge in [-0.05, 0) is 17.2 Å². The molecule has 0 bridgehead atoms. The van der Waals surface area contributed by atoms with Crippen LogP contribution in [0, 0.1) is 0 Å². The molecule has 0 atom stereocenters. The monoisotopic (exact) mass is 389 g/mol. The van der Waals surface area contributed by atoms with Gasteiger partial charge in [-0.3, -0.25) is 14.5 Å². The topological polar surface area (TPSA) is 76.0 Å². The number of nitrogens with zero attached hydrogens (tertiary/aromatic N) is 4. The summed E-state index contributed by atoms with van der Waals surface area (Å²) >= 11 is 0. The molecule has 7 heteroatoms. The van der Waals surface area contributed by atoms with Crippen molar-refractivity contribution in [3.05, 3.63) is 59.1 Å². The first-order chi connectivity index (χ1) is 14.3. The standard InChI is InChI=1S/C22H23N5O2/c28-22-25-20-21(27(22)10-4-9-26-11-13-29-14-12-26)24-19(15-23-20)18-8-3-6-16-5-1-2-7-17(16)18/h1-3,5-8,15H,4,9-14H2,(H,23,25,28). The summed E-state index contributed by atoms with van der Waals surface area (Å²) in [4.78, 5) is 27.0. The van der Waals surface area contributed by atoms with Gasteiger partial charge in [0.1, 0.15) is 0 Å². The van der Waals surface area contributed by atoms with Gasteiger partial charge in [0.05, 0.1) is 25.1 Å². The summed E-state index contributed by atoms with van der Waals surface area (Å²) in [5.74, 6) is 0. The average molecular weight is 389 g/mol. The zero-order chi connectivity index (χ0) is 19.6. The molecule has 3 heterocycles. The summed E-state index contributed by atoms with van der Waals surface area (Å²) in [6, 6.07) is 14.4. The molecule has 7 nitrogen and oxygen atoms in total. The number of morpholine rings is 1. The van der Waals surface area contributed by atoms with E-state index in [1.165, 1.54) is 0 Å². The van der Waals surface area contributed by atoms with Crippen molar-refractivity contribution >= 4 is 22.1 Å². The highest BCUT2D eigenvalue weighted by Gasteiger charge is 2.14. The highest BCUT2D eigenvalue weighted by molar-refractivity contribution is 5.96. The number of ether oxygens (including phenoxy) is 1. The third kappa shape index (κ3) is 3.54. The van der Waals surface area contributed by atoms with E-state index in [0.29, 0.717) is 17.8 Å². The lowest BCUT2D eigenvalue weighted by Crippen LogP contribution is -2.37. The largest absolute Gasteiger partial charge is 0.379 e. The van der Waals surface area contributed by atoms with Crippen LogP contribution in [0.15, 0.2) is 53.5 Å². The molecular weight excluding hydrogens is 366 g/mol. The van der Waals surface area contributed by atoms with E-state index in [9.17, 15) is 4.79 Å². The lowest BCUT2D eigenvalue weighted by atomic mass is 10.0. The van der Waals surface area contributed by atoms with Gasteiger partial charge in [0, 0.05) is 31.7 Å². The predicted octanol–water partition coefficient (Wildman–Crippen LogP) is 2.66. The van der Waals surface area contributed by atoms with Crippen LogP contribution in [0.4, 0.5) is 0 Å². The summed E-state index contributed by atoms with van der Waals surface area (Å²) < 4.78 is 7.10. The number of imidazole rings is 1. The predicted molar refractivity (Wildman–Crippen MR) is 113 cm³/mol. The van der Waals surface area contributed by atoms with Crippen molar-refractivity contribution in [1.29, 1.82) is 0 Å². The number of H-pyrrole nitrogens is 1. The van der Waals surface area contributed by atoms with Crippen LogP contribution in [0.5, 0.6) is 0 Å². The molecule has 4 aromatic rings. The molecule has 29 heavy (non-hydrogen) atoms. The maximum Gasteiger partial charge on any atom is 0.328 e. The molecule has 148 valence electrons. The van der Waals surface area contributed by atoms with Crippen LogP contribution in [0.2, 0.25) is 0 Å². The summed E-state index contributed by atoms with van der Waals surface area (Å²) in [6.07, 6.45) is 2.62. The molecule has 0 saturated carbocycles. The minimum Gasteiger partial charge on any atom is -0.379 e. The third-order valence-corrected chi connectivity index (χ3v) is 5.51. The van der Waals surface area contributed by atoms with Crippen molar-refractivity contribution in [2.75, 3.05) is 32.8 Å². The fraction of sp³-hybridized carbons (Fsp3) is 0.318. The zero-order valence-corrected chi connectivity index (χ0v) is 16.2. The van der Waals surface area contributed by atoms with Crippen LogP contribution in [0.1, 0.15) is 6.42 Å². The number of hydrogen-bond donors (Lipinski definition) is 1. The van der Waals surface area contributed by atoms with E-state index < -0.39 is 0 Å². The summed E-state index contributed by atoms with van der Waals surface area (Å²) in [5.41, 5.74) is 2.78. The molecule has 0 aliphatic carbocycles. The number of aromatic amines is 1. The first-order valence-electron chi connectivity index (χ1n) is 10.0. The number of rotatable bonds is 5. The molecule has 0 spiro atoms. The maximum absolute atomic E-state index is 12.5. The Bertz CT molecular complexity index is 1200. The number of benzene rings is 2. The molecule has 1 aliphatic heterocycles. The minimum absolute atomic E-state index is 0.156. The first-order valence-corrected chi connectivity index (χ1v) is 10.0. The van der Waals surface area contributed by atoms with E-state index in [0.717, 1.165) is 61.3 Å². The number of aryl methyl sites for hydroxylation is 1. The Morgan fingerprint density at radius 3 is 2.76 bits per heavy atom. The molecule has 1 N–H and O–H groups in total. The molecule has 2 aromatic heterocycles. The Labute approximate surface area is 168 Å². The zero-order valence-electron chi connectivity index (χ0n) is 16.2. The third-order valence-electron chi connectivity index (χ3n) is 5.51. The van der Waals surface area contributed by atoms with Gasteiger partial charge in [-0.15, -0.1) is 0 Å².